The molecule has 31 heavy (non-hydrogen) atoms. The van der Waals surface area contributed by atoms with Crippen LogP contribution in [0, 0.1) is 5.82 Å². The number of nitrogens with one attached hydrogen (secondary N) is 1. The minimum Gasteiger partial charge on any atom is -0.391 e. The number of aromatic nitrogens is 2. The molecule has 8 heteroatoms. The summed E-state index contributed by atoms with van der Waals surface area (Å²) in [6.45, 7) is 0. The summed E-state index contributed by atoms with van der Waals surface area (Å²) >= 11 is 5.97. The Morgan fingerprint density at radius 1 is 1.13 bits per heavy atom. The predicted molar refractivity (Wildman–Crippen MR) is 116 cm³/mol. The Bertz CT molecular complexity index is 1160. The third-order valence-electron chi connectivity index (χ3n) is 5.39. The molecule has 3 aromatic rings. The second-order valence-corrected chi connectivity index (χ2v) is 8.02. The molecule has 1 heterocycles. The monoisotopic (exact) mass is 441 g/mol. The smallest absolute Gasteiger partial charge is 0.284 e. The Morgan fingerprint density at radius 2 is 1.87 bits per heavy atom. The maximum Gasteiger partial charge on any atom is 0.284 e. The van der Waals surface area contributed by atoms with Crippen molar-refractivity contribution in [3.05, 3.63) is 81.4 Å². The van der Waals surface area contributed by atoms with Crippen molar-refractivity contribution >= 4 is 17.5 Å². The van der Waals surface area contributed by atoms with E-state index in [0.717, 1.165) is 17.5 Å². The van der Waals surface area contributed by atoms with Crippen LogP contribution in [-0.2, 0) is 0 Å². The molecule has 1 aromatic heterocycles. The number of carbonyl (C=O) groups excluding carboxylic acids is 1. The predicted octanol–water partition coefficient (Wildman–Crippen LogP) is 3.73. The lowest BCUT2D eigenvalue weighted by Crippen LogP contribution is -2.46. The maximum absolute atomic E-state index is 13.8. The van der Waals surface area contributed by atoms with Crippen LogP contribution < -0.4 is 10.9 Å². The quantitative estimate of drug-likeness (QED) is 0.646. The van der Waals surface area contributed by atoms with Crippen molar-refractivity contribution in [3.63, 3.8) is 0 Å². The molecule has 0 spiro atoms. The molecule has 0 saturated heterocycles. The van der Waals surface area contributed by atoms with Crippen molar-refractivity contribution in [2.24, 2.45) is 0 Å². The zero-order valence-electron chi connectivity index (χ0n) is 16.6. The molecule has 1 unspecified atom stereocenters. The average Bonchev–Trinajstić information content (AvgIpc) is 2.76. The number of aliphatic hydroxyl groups is 1. The standard InChI is InChI=1S/C23H21ClFN3O3/c24-15-10-8-14(9-11-15)20-13-18(22(30)26-19-6-1-2-7-21(19)29)23(31)28(27-20)17-5-3-4-16(25)12-17/h3-5,8-13,19,21,29H,1-2,6-7H2,(H,26,30)/t19?,21-/m0/s1. The summed E-state index contributed by atoms with van der Waals surface area (Å²) < 4.78 is 14.8. The first-order chi connectivity index (χ1) is 14.9. The fraction of sp³-hybridized carbons (Fsp3) is 0.261. The van der Waals surface area contributed by atoms with Gasteiger partial charge in [0.25, 0.3) is 11.5 Å². The number of benzene rings is 2. The van der Waals surface area contributed by atoms with E-state index in [-0.39, 0.29) is 11.3 Å². The van der Waals surface area contributed by atoms with E-state index in [1.807, 2.05) is 0 Å². The van der Waals surface area contributed by atoms with Crippen LogP contribution in [0.25, 0.3) is 16.9 Å². The Balaban J connectivity index is 1.80. The topological polar surface area (TPSA) is 84.2 Å². The Morgan fingerprint density at radius 3 is 2.58 bits per heavy atom. The lowest BCUT2D eigenvalue weighted by atomic mass is 9.92. The van der Waals surface area contributed by atoms with Gasteiger partial charge in [0.05, 0.1) is 23.5 Å². The summed E-state index contributed by atoms with van der Waals surface area (Å²) in [4.78, 5) is 26.1. The molecular formula is C23H21ClFN3O3. The van der Waals surface area contributed by atoms with Crippen LogP contribution in [0.4, 0.5) is 4.39 Å². The van der Waals surface area contributed by atoms with Gasteiger partial charge in [0, 0.05) is 10.6 Å². The maximum atomic E-state index is 13.8. The number of halogens is 2. The average molecular weight is 442 g/mol. The van der Waals surface area contributed by atoms with Gasteiger partial charge in [-0.3, -0.25) is 9.59 Å². The number of rotatable bonds is 4. The first-order valence-corrected chi connectivity index (χ1v) is 10.5. The number of nitrogens with zero attached hydrogens (tertiary/aromatic N) is 2. The fourth-order valence-electron chi connectivity index (χ4n) is 3.73. The van der Waals surface area contributed by atoms with Gasteiger partial charge in [-0.25, -0.2) is 4.39 Å². The van der Waals surface area contributed by atoms with E-state index in [9.17, 15) is 19.1 Å². The first kappa shape index (κ1) is 21.2. The van der Waals surface area contributed by atoms with E-state index < -0.39 is 29.4 Å². The number of aliphatic hydroxyl groups excluding tert-OH is 1. The molecule has 2 atom stereocenters. The van der Waals surface area contributed by atoms with Crippen LogP contribution in [0.5, 0.6) is 0 Å². The van der Waals surface area contributed by atoms with Crippen LogP contribution in [0.3, 0.4) is 0 Å². The van der Waals surface area contributed by atoms with E-state index in [0.29, 0.717) is 29.1 Å². The number of amides is 1. The molecule has 6 nitrogen and oxygen atoms in total. The van der Waals surface area contributed by atoms with Gasteiger partial charge < -0.3 is 10.4 Å². The molecular weight excluding hydrogens is 421 g/mol. The molecule has 0 aliphatic heterocycles. The molecule has 2 aromatic carbocycles. The SMILES string of the molecule is O=C(NC1CCCC[C@@H]1O)c1cc(-c2ccc(Cl)cc2)nn(-c2cccc(F)c2)c1=O. The number of hydrogen-bond donors (Lipinski definition) is 2. The highest BCUT2D eigenvalue weighted by Crippen LogP contribution is 2.22. The van der Waals surface area contributed by atoms with Crippen LogP contribution in [0.2, 0.25) is 5.02 Å². The molecule has 1 aliphatic rings. The summed E-state index contributed by atoms with van der Waals surface area (Å²) in [5.41, 5.74) is 0.386. The van der Waals surface area contributed by atoms with Crippen LogP contribution in [0.1, 0.15) is 36.0 Å². The Hall–Kier alpha value is -3.03. The van der Waals surface area contributed by atoms with Gasteiger partial charge in [-0.1, -0.05) is 42.6 Å². The van der Waals surface area contributed by atoms with Crippen molar-refractivity contribution in [3.8, 4) is 16.9 Å². The minimum atomic E-state index is -0.675. The summed E-state index contributed by atoms with van der Waals surface area (Å²) in [5.74, 6) is -1.13. The second kappa shape index (κ2) is 8.99. The third-order valence-corrected chi connectivity index (χ3v) is 5.65. The van der Waals surface area contributed by atoms with Gasteiger partial charge in [-0.2, -0.15) is 9.78 Å². The summed E-state index contributed by atoms with van der Waals surface area (Å²) in [6.07, 6.45) is 2.38. The highest BCUT2D eigenvalue weighted by Gasteiger charge is 2.26. The van der Waals surface area contributed by atoms with E-state index in [2.05, 4.69) is 10.4 Å². The molecule has 4 rings (SSSR count). The summed E-state index contributed by atoms with van der Waals surface area (Å²) in [7, 11) is 0. The summed E-state index contributed by atoms with van der Waals surface area (Å²) in [5, 5.41) is 17.9. The van der Waals surface area contributed by atoms with E-state index >= 15 is 0 Å². The molecule has 1 amide bonds. The normalized spacial score (nSPS) is 18.5. The van der Waals surface area contributed by atoms with Crippen LogP contribution >= 0.6 is 11.6 Å². The molecule has 2 N–H and O–H groups in total. The molecule has 0 bridgehead atoms. The summed E-state index contributed by atoms with van der Waals surface area (Å²) in [6, 6.07) is 13.2. The number of carbonyl (C=O) groups is 1. The lowest BCUT2D eigenvalue weighted by Gasteiger charge is -2.28. The van der Waals surface area contributed by atoms with Gasteiger partial charge >= 0.3 is 0 Å². The van der Waals surface area contributed by atoms with Gasteiger partial charge in [0.1, 0.15) is 11.4 Å². The van der Waals surface area contributed by atoms with Gasteiger partial charge in [0.2, 0.25) is 0 Å². The molecule has 160 valence electrons. The third kappa shape index (κ3) is 4.68. The van der Waals surface area contributed by atoms with Crippen molar-refractivity contribution in [2.45, 2.75) is 37.8 Å². The molecule has 0 radical (unpaired) electrons. The van der Waals surface area contributed by atoms with Crippen LogP contribution in [-0.4, -0.2) is 32.9 Å². The van der Waals surface area contributed by atoms with E-state index in [4.69, 9.17) is 11.6 Å². The van der Waals surface area contributed by atoms with Crippen LogP contribution in [0.15, 0.2) is 59.4 Å². The minimum absolute atomic E-state index is 0.137. The molecule has 1 aliphatic carbocycles. The zero-order valence-corrected chi connectivity index (χ0v) is 17.3. The Kier molecular flexibility index (Phi) is 6.15. The van der Waals surface area contributed by atoms with E-state index in [1.165, 1.54) is 30.3 Å². The van der Waals surface area contributed by atoms with Gasteiger partial charge in [-0.05, 0) is 49.2 Å². The van der Waals surface area contributed by atoms with Crippen molar-refractivity contribution in [2.75, 3.05) is 0 Å². The largest absolute Gasteiger partial charge is 0.391 e. The van der Waals surface area contributed by atoms with Crippen molar-refractivity contribution in [1.29, 1.82) is 0 Å². The van der Waals surface area contributed by atoms with Gasteiger partial charge in [0.15, 0.2) is 0 Å². The molecule has 1 fully saturated rings. The lowest BCUT2D eigenvalue weighted by molar-refractivity contribution is 0.0716. The fourth-order valence-corrected chi connectivity index (χ4v) is 3.85. The Labute approximate surface area is 183 Å². The molecule has 1 saturated carbocycles. The first-order valence-electron chi connectivity index (χ1n) is 10.1. The zero-order chi connectivity index (χ0) is 22.0. The highest BCUT2D eigenvalue weighted by molar-refractivity contribution is 6.30. The number of hydrogen-bond acceptors (Lipinski definition) is 4. The highest BCUT2D eigenvalue weighted by atomic mass is 35.5. The second-order valence-electron chi connectivity index (χ2n) is 7.58. The van der Waals surface area contributed by atoms with Gasteiger partial charge in [-0.15, -0.1) is 0 Å². The van der Waals surface area contributed by atoms with E-state index in [1.54, 1.807) is 24.3 Å². The van der Waals surface area contributed by atoms with Crippen molar-refractivity contribution in [1.82, 2.24) is 15.1 Å². The van der Waals surface area contributed by atoms with Crippen molar-refractivity contribution < 1.29 is 14.3 Å².